The molecule has 6 heteroatoms. The highest BCUT2D eigenvalue weighted by Gasteiger charge is 2.32. The molecule has 2 aromatic carbocycles. The maximum absolute atomic E-state index is 13.3. The van der Waals surface area contributed by atoms with Gasteiger partial charge in [0.1, 0.15) is 5.82 Å². The van der Waals surface area contributed by atoms with E-state index < -0.39 is 15.8 Å². The van der Waals surface area contributed by atoms with Crippen LogP contribution >= 0.6 is 0 Å². The molecule has 0 amide bonds. The van der Waals surface area contributed by atoms with Crippen LogP contribution in [0.2, 0.25) is 0 Å². The molecular formula is C14H13FN2O2S. The van der Waals surface area contributed by atoms with Crippen LogP contribution in [0.5, 0.6) is 0 Å². The molecule has 1 aliphatic rings. The molecule has 0 aliphatic carbocycles. The summed E-state index contributed by atoms with van der Waals surface area (Å²) < 4.78 is 39.7. The zero-order valence-corrected chi connectivity index (χ0v) is 11.4. The zero-order valence-electron chi connectivity index (χ0n) is 10.6. The van der Waals surface area contributed by atoms with Crippen molar-refractivity contribution in [1.82, 2.24) is 0 Å². The van der Waals surface area contributed by atoms with Gasteiger partial charge in [-0.1, -0.05) is 18.2 Å². The van der Waals surface area contributed by atoms with Gasteiger partial charge >= 0.3 is 0 Å². The number of hydrogen-bond acceptors (Lipinski definition) is 3. The van der Waals surface area contributed by atoms with Gasteiger partial charge in [0.15, 0.2) is 0 Å². The molecule has 0 spiro atoms. The number of nitrogen functional groups attached to an aromatic ring is 1. The molecule has 20 heavy (non-hydrogen) atoms. The third kappa shape index (κ3) is 1.92. The van der Waals surface area contributed by atoms with E-state index in [0.717, 1.165) is 11.6 Å². The average molecular weight is 292 g/mol. The molecular weight excluding hydrogens is 279 g/mol. The van der Waals surface area contributed by atoms with Crippen molar-refractivity contribution in [3.63, 3.8) is 0 Å². The molecule has 4 nitrogen and oxygen atoms in total. The summed E-state index contributed by atoms with van der Waals surface area (Å²) >= 11 is 0. The molecule has 0 saturated carbocycles. The summed E-state index contributed by atoms with van der Waals surface area (Å²) in [5.41, 5.74) is 7.71. The molecule has 1 heterocycles. The minimum Gasteiger partial charge on any atom is -0.397 e. The normalized spacial score (nSPS) is 14.3. The second-order valence-corrected chi connectivity index (χ2v) is 6.50. The number of fused-ring (bicyclic) bond motifs is 1. The number of nitrogens with two attached hydrogens (primary N) is 1. The first-order chi connectivity index (χ1) is 9.50. The minimum atomic E-state index is -3.78. The standard InChI is InChI=1S/C14H13FN2O2S/c15-11-4-2-5-12(9-11)20(18,19)17-8-7-10-3-1-6-13(16)14(10)17/h1-6,9H,7-8,16H2. The van der Waals surface area contributed by atoms with E-state index in [2.05, 4.69) is 0 Å². The monoisotopic (exact) mass is 292 g/mol. The van der Waals surface area contributed by atoms with Gasteiger partial charge in [0.2, 0.25) is 0 Å². The van der Waals surface area contributed by atoms with Crippen LogP contribution in [0.4, 0.5) is 15.8 Å². The van der Waals surface area contributed by atoms with Crippen molar-refractivity contribution in [2.45, 2.75) is 11.3 Å². The van der Waals surface area contributed by atoms with Crippen LogP contribution in [0.15, 0.2) is 47.4 Å². The molecule has 0 atom stereocenters. The quantitative estimate of drug-likeness (QED) is 0.863. The maximum Gasteiger partial charge on any atom is 0.264 e. The topological polar surface area (TPSA) is 63.4 Å². The second-order valence-electron chi connectivity index (χ2n) is 4.64. The van der Waals surface area contributed by atoms with Gasteiger partial charge in [-0.2, -0.15) is 0 Å². The van der Waals surface area contributed by atoms with Crippen LogP contribution in [-0.2, 0) is 16.4 Å². The summed E-state index contributed by atoms with van der Waals surface area (Å²) in [5.74, 6) is -0.577. The molecule has 0 fully saturated rings. The number of halogens is 1. The van der Waals surface area contributed by atoms with Gasteiger partial charge in [0.25, 0.3) is 10.0 Å². The molecule has 1 aliphatic heterocycles. The smallest absolute Gasteiger partial charge is 0.264 e. The lowest BCUT2D eigenvalue weighted by atomic mass is 10.1. The lowest BCUT2D eigenvalue weighted by Crippen LogP contribution is -2.29. The fraction of sp³-hybridized carbons (Fsp3) is 0.143. The number of para-hydroxylation sites is 1. The molecule has 104 valence electrons. The number of anilines is 2. The summed E-state index contributed by atoms with van der Waals surface area (Å²) in [6.07, 6.45) is 0.606. The van der Waals surface area contributed by atoms with E-state index in [4.69, 9.17) is 5.73 Å². The number of nitrogens with zero attached hydrogens (tertiary/aromatic N) is 1. The molecule has 2 N–H and O–H groups in total. The van der Waals surface area contributed by atoms with E-state index in [1.165, 1.54) is 22.5 Å². The van der Waals surface area contributed by atoms with Gasteiger partial charge in [0.05, 0.1) is 16.3 Å². The van der Waals surface area contributed by atoms with Gasteiger partial charge in [-0.25, -0.2) is 12.8 Å². The van der Waals surface area contributed by atoms with Crippen molar-refractivity contribution in [2.75, 3.05) is 16.6 Å². The third-order valence-electron chi connectivity index (χ3n) is 3.37. The van der Waals surface area contributed by atoms with Gasteiger partial charge in [0, 0.05) is 6.54 Å². The fourth-order valence-corrected chi connectivity index (χ4v) is 4.01. The number of hydrogen-bond donors (Lipinski definition) is 1. The molecule has 0 radical (unpaired) electrons. The van der Waals surface area contributed by atoms with E-state index in [0.29, 0.717) is 24.3 Å². The van der Waals surface area contributed by atoms with Gasteiger partial charge < -0.3 is 5.73 Å². The van der Waals surface area contributed by atoms with Crippen LogP contribution in [0.3, 0.4) is 0 Å². The van der Waals surface area contributed by atoms with Crippen molar-refractivity contribution in [2.24, 2.45) is 0 Å². The zero-order chi connectivity index (χ0) is 14.3. The van der Waals surface area contributed by atoms with Gasteiger partial charge in [-0.15, -0.1) is 0 Å². The summed E-state index contributed by atoms with van der Waals surface area (Å²) in [5, 5.41) is 0. The number of sulfonamides is 1. The van der Waals surface area contributed by atoms with E-state index >= 15 is 0 Å². The summed E-state index contributed by atoms with van der Waals surface area (Å²) in [6.45, 7) is 0.322. The van der Waals surface area contributed by atoms with E-state index in [-0.39, 0.29) is 4.90 Å². The molecule has 0 bridgehead atoms. The Morgan fingerprint density at radius 2 is 1.90 bits per heavy atom. The predicted molar refractivity (Wildman–Crippen MR) is 75.5 cm³/mol. The average Bonchev–Trinajstić information content (AvgIpc) is 2.85. The first-order valence-electron chi connectivity index (χ1n) is 6.16. The number of rotatable bonds is 2. The van der Waals surface area contributed by atoms with Crippen LogP contribution < -0.4 is 10.0 Å². The Balaban J connectivity index is 2.12. The van der Waals surface area contributed by atoms with Crippen LogP contribution in [-0.4, -0.2) is 15.0 Å². The Morgan fingerprint density at radius 1 is 1.15 bits per heavy atom. The first-order valence-corrected chi connectivity index (χ1v) is 7.60. The highest BCUT2D eigenvalue weighted by Crippen LogP contribution is 2.37. The Hall–Kier alpha value is -2.08. The van der Waals surface area contributed by atoms with Crippen molar-refractivity contribution in [3.8, 4) is 0 Å². The van der Waals surface area contributed by atoms with E-state index in [1.54, 1.807) is 12.1 Å². The second kappa shape index (κ2) is 4.49. The SMILES string of the molecule is Nc1cccc2c1N(S(=O)(=O)c1cccc(F)c1)CC2. The molecule has 3 rings (SSSR count). The van der Waals surface area contributed by atoms with Crippen LogP contribution in [0.25, 0.3) is 0 Å². The Bertz CT molecular complexity index is 774. The van der Waals surface area contributed by atoms with Crippen LogP contribution in [0.1, 0.15) is 5.56 Å². The Morgan fingerprint density at radius 3 is 2.65 bits per heavy atom. The Kier molecular flexibility index (Phi) is 2.90. The van der Waals surface area contributed by atoms with E-state index in [9.17, 15) is 12.8 Å². The molecule has 0 saturated heterocycles. The summed E-state index contributed by atoms with van der Waals surface area (Å²) in [7, 11) is -3.78. The summed E-state index contributed by atoms with van der Waals surface area (Å²) in [4.78, 5) is -0.0615. The molecule has 0 unspecified atom stereocenters. The van der Waals surface area contributed by atoms with Crippen LogP contribution in [0, 0.1) is 5.82 Å². The first kappa shape index (κ1) is 12.9. The fourth-order valence-electron chi connectivity index (χ4n) is 2.45. The largest absolute Gasteiger partial charge is 0.397 e. The minimum absolute atomic E-state index is 0.0615. The molecule has 0 aromatic heterocycles. The highest BCUT2D eigenvalue weighted by atomic mass is 32.2. The van der Waals surface area contributed by atoms with Crippen molar-refractivity contribution < 1.29 is 12.8 Å². The third-order valence-corrected chi connectivity index (χ3v) is 5.16. The van der Waals surface area contributed by atoms with Crippen molar-refractivity contribution >= 4 is 21.4 Å². The Labute approximate surface area is 116 Å². The maximum atomic E-state index is 13.3. The lowest BCUT2D eigenvalue weighted by Gasteiger charge is -2.20. The van der Waals surface area contributed by atoms with E-state index in [1.807, 2.05) is 6.07 Å². The predicted octanol–water partition coefficient (Wildman–Crippen LogP) is 2.16. The van der Waals surface area contributed by atoms with Gasteiger partial charge in [-0.3, -0.25) is 4.31 Å². The van der Waals surface area contributed by atoms with Crippen molar-refractivity contribution in [1.29, 1.82) is 0 Å². The highest BCUT2D eigenvalue weighted by molar-refractivity contribution is 7.92. The lowest BCUT2D eigenvalue weighted by molar-refractivity contribution is 0.587. The van der Waals surface area contributed by atoms with Gasteiger partial charge in [-0.05, 0) is 36.2 Å². The number of benzene rings is 2. The molecule has 2 aromatic rings. The summed E-state index contributed by atoms with van der Waals surface area (Å²) in [6, 6.07) is 10.3. The van der Waals surface area contributed by atoms with Crippen molar-refractivity contribution in [3.05, 3.63) is 53.8 Å².